The van der Waals surface area contributed by atoms with E-state index in [0.29, 0.717) is 17.9 Å². The fourth-order valence-electron chi connectivity index (χ4n) is 3.86. The summed E-state index contributed by atoms with van der Waals surface area (Å²) in [7, 11) is 1.75. The number of likely N-dealkylation sites (N-methyl/N-ethyl adjacent to an activating group) is 1. The zero-order valence-corrected chi connectivity index (χ0v) is 17.8. The highest BCUT2D eigenvalue weighted by molar-refractivity contribution is 7.99. The first-order valence-corrected chi connectivity index (χ1v) is 11.1. The lowest BCUT2D eigenvalue weighted by Crippen LogP contribution is -2.48. The summed E-state index contributed by atoms with van der Waals surface area (Å²) in [6.07, 6.45) is 7.23. The Morgan fingerprint density at radius 1 is 1.28 bits per heavy atom. The summed E-state index contributed by atoms with van der Waals surface area (Å²) in [5.41, 5.74) is 4.35. The fraction of sp³-hybridized carbons (Fsp3) is 0.240. The number of anilines is 1. The van der Waals surface area contributed by atoms with Crippen molar-refractivity contribution in [3.63, 3.8) is 0 Å². The number of nitrogens with zero attached hydrogens (tertiary/aromatic N) is 2. The highest BCUT2D eigenvalue weighted by Crippen LogP contribution is 2.38. The molecule has 1 atom stereocenters. The molecule has 2 aromatic carbocycles. The van der Waals surface area contributed by atoms with Gasteiger partial charge >= 0.3 is 5.91 Å². The van der Waals surface area contributed by atoms with Crippen molar-refractivity contribution in [2.45, 2.75) is 31.2 Å². The van der Waals surface area contributed by atoms with Crippen LogP contribution in [0.5, 0.6) is 0 Å². The normalized spacial score (nSPS) is 16.7. The monoisotopic (exact) mass is 447 g/mol. The zero-order valence-electron chi connectivity index (χ0n) is 17.0. The van der Waals surface area contributed by atoms with Gasteiger partial charge < -0.3 is 14.6 Å². The van der Waals surface area contributed by atoms with Crippen LogP contribution in [0.2, 0.25) is 0 Å². The largest absolute Gasteiger partial charge is 0.437 e. The second-order valence-corrected chi connectivity index (χ2v) is 8.72. The fourth-order valence-corrected chi connectivity index (χ4v) is 5.00. The standard InChI is InChI=1S/C24H21N3O3S.CH4/c1-27-20-11-16-8-5-9-17(16)12-21(20)31-14-19(24(27)29)26-22(28)23-25-13-18(30-23)10-15-6-3-2-4-7-15;/h2-8,11-13,19H,9-10,14H2,1H3,(H,26,28);1H4/t19-;/m0./s1. The van der Waals surface area contributed by atoms with E-state index >= 15 is 0 Å². The summed E-state index contributed by atoms with van der Waals surface area (Å²) in [6.45, 7) is 0. The molecule has 1 aliphatic heterocycles. The molecule has 6 nitrogen and oxygen atoms in total. The summed E-state index contributed by atoms with van der Waals surface area (Å²) >= 11 is 1.58. The number of fused-ring (bicyclic) bond motifs is 2. The van der Waals surface area contributed by atoms with Crippen molar-refractivity contribution in [1.82, 2.24) is 10.3 Å². The van der Waals surface area contributed by atoms with Gasteiger partial charge in [0.25, 0.3) is 5.89 Å². The van der Waals surface area contributed by atoms with Crippen molar-refractivity contribution < 1.29 is 14.0 Å². The number of oxazole rings is 1. The summed E-state index contributed by atoms with van der Waals surface area (Å²) in [4.78, 5) is 32.6. The van der Waals surface area contributed by atoms with Crippen LogP contribution < -0.4 is 10.2 Å². The number of benzene rings is 2. The lowest BCUT2D eigenvalue weighted by molar-refractivity contribution is -0.119. The smallest absolute Gasteiger partial charge is 0.307 e. The van der Waals surface area contributed by atoms with Crippen LogP contribution in [-0.4, -0.2) is 35.6 Å². The molecule has 2 aliphatic rings. The molecule has 1 aliphatic carbocycles. The van der Waals surface area contributed by atoms with Crippen molar-refractivity contribution in [2.24, 2.45) is 0 Å². The lowest BCUT2D eigenvalue weighted by atomic mass is 10.1. The molecule has 32 heavy (non-hydrogen) atoms. The third-order valence-corrected chi connectivity index (χ3v) is 6.66. The molecule has 0 saturated carbocycles. The average molecular weight is 448 g/mol. The van der Waals surface area contributed by atoms with Crippen LogP contribution in [0.25, 0.3) is 6.08 Å². The van der Waals surface area contributed by atoms with Crippen molar-refractivity contribution in [2.75, 3.05) is 17.7 Å². The zero-order chi connectivity index (χ0) is 21.4. The number of amides is 2. The highest BCUT2D eigenvalue weighted by Gasteiger charge is 2.31. The predicted molar refractivity (Wildman–Crippen MR) is 127 cm³/mol. The van der Waals surface area contributed by atoms with Gasteiger partial charge in [0, 0.05) is 24.1 Å². The van der Waals surface area contributed by atoms with Crippen LogP contribution in [0.3, 0.4) is 0 Å². The minimum Gasteiger partial charge on any atom is -0.437 e. The Morgan fingerprint density at radius 2 is 2.09 bits per heavy atom. The van der Waals surface area contributed by atoms with Gasteiger partial charge in [-0.3, -0.25) is 9.59 Å². The molecule has 0 fully saturated rings. The van der Waals surface area contributed by atoms with Crippen molar-refractivity contribution in [1.29, 1.82) is 0 Å². The Morgan fingerprint density at radius 3 is 2.91 bits per heavy atom. The molecular weight excluding hydrogens is 422 g/mol. The van der Waals surface area contributed by atoms with Gasteiger partial charge in [-0.05, 0) is 35.2 Å². The van der Waals surface area contributed by atoms with Gasteiger partial charge in [0.2, 0.25) is 5.91 Å². The van der Waals surface area contributed by atoms with E-state index in [0.717, 1.165) is 28.1 Å². The number of carbonyl (C=O) groups excluding carboxylic acids is 2. The van der Waals surface area contributed by atoms with Gasteiger partial charge in [-0.2, -0.15) is 0 Å². The number of rotatable bonds is 4. The quantitative estimate of drug-likeness (QED) is 0.644. The molecule has 2 amide bonds. The maximum Gasteiger partial charge on any atom is 0.307 e. The Labute approximate surface area is 191 Å². The van der Waals surface area contributed by atoms with Crippen LogP contribution in [0, 0.1) is 0 Å². The van der Waals surface area contributed by atoms with Crippen molar-refractivity contribution in [3.05, 3.63) is 83.1 Å². The molecule has 5 rings (SSSR count). The maximum absolute atomic E-state index is 13.1. The lowest BCUT2D eigenvalue weighted by Gasteiger charge is -2.21. The number of carbonyl (C=O) groups is 2. The number of allylic oxidation sites excluding steroid dienone is 1. The number of hydrogen-bond donors (Lipinski definition) is 1. The van der Waals surface area contributed by atoms with Gasteiger partial charge in [-0.1, -0.05) is 49.9 Å². The van der Waals surface area contributed by atoms with E-state index in [1.54, 1.807) is 29.9 Å². The number of nitrogens with one attached hydrogen (secondary N) is 1. The third kappa shape index (κ3) is 4.21. The van der Waals surface area contributed by atoms with Crippen LogP contribution in [0.4, 0.5) is 5.69 Å². The van der Waals surface area contributed by atoms with E-state index in [9.17, 15) is 9.59 Å². The topological polar surface area (TPSA) is 75.4 Å². The van der Waals surface area contributed by atoms with Gasteiger partial charge in [0.1, 0.15) is 11.8 Å². The maximum atomic E-state index is 13.1. The summed E-state index contributed by atoms with van der Waals surface area (Å²) < 4.78 is 5.64. The molecule has 1 N–H and O–H groups in total. The summed E-state index contributed by atoms with van der Waals surface area (Å²) in [5, 5.41) is 2.80. The second kappa shape index (κ2) is 9.04. The molecule has 164 valence electrons. The van der Waals surface area contributed by atoms with E-state index in [4.69, 9.17) is 4.42 Å². The van der Waals surface area contributed by atoms with E-state index < -0.39 is 11.9 Å². The molecule has 2 heterocycles. The number of hydrogen-bond acceptors (Lipinski definition) is 5. The second-order valence-electron chi connectivity index (χ2n) is 7.65. The molecule has 7 heteroatoms. The Balaban J connectivity index is 0.00000245. The molecule has 3 aromatic rings. The predicted octanol–water partition coefficient (Wildman–Crippen LogP) is 4.34. The third-order valence-electron chi connectivity index (χ3n) is 5.53. The first kappa shape index (κ1) is 21.9. The van der Waals surface area contributed by atoms with Crippen molar-refractivity contribution in [3.8, 4) is 0 Å². The van der Waals surface area contributed by atoms with E-state index in [2.05, 4.69) is 28.5 Å². The van der Waals surface area contributed by atoms with Crippen LogP contribution in [0.15, 0.2) is 64.1 Å². The van der Waals surface area contributed by atoms with Gasteiger partial charge in [0.05, 0.1) is 11.9 Å². The molecule has 1 aromatic heterocycles. The van der Waals surface area contributed by atoms with Gasteiger partial charge in [0.15, 0.2) is 0 Å². The molecule has 0 spiro atoms. The molecule has 0 bridgehead atoms. The Bertz CT molecular complexity index is 1190. The molecule has 0 unspecified atom stereocenters. The summed E-state index contributed by atoms with van der Waals surface area (Å²) in [6, 6.07) is 13.4. The van der Waals surface area contributed by atoms with E-state index in [-0.39, 0.29) is 19.2 Å². The van der Waals surface area contributed by atoms with E-state index in [1.807, 2.05) is 36.4 Å². The van der Waals surface area contributed by atoms with Crippen LogP contribution in [0.1, 0.15) is 40.6 Å². The van der Waals surface area contributed by atoms with Gasteiger partial charge in [-0.25, -0.2) is 4.98 Å². The number of aromatic nitrogens is 1. The summed E-state index contributed by atoms with van der Waals surface area (Å²) in [5.74, 6) is 0.383. The highest BCUT2D eigenvalue weighted by atomic mass is 32.2. The Hall–Kier alpha value is -3.32. The minimum atomic E-state index is -0.662. The van der Waals surface area contributed by atoms with Crippen LogP contribution in [-0.2, 0) is 17.6 Å². The van der Waals surface area contributed by atoms with Crippen LogP contribution >= 0.6 is 11.8 Å². The molecule has 0 radical (unpaired) electrons. The SMILES string of the molecule is C.CN1C(=O)[C@@H](NC(=O)c2ncc(Cc3ccccc3)o2)CSc2cc3c(cc21)C=CC3. The molecular formula is C25H25N3O3S. The average Bonchev–Trinajstić information content (AvgIpc) is 3.42. The molecule has 0 saturated heterocycles. The number of thioether (sulfide) groups is 1. The Kier molecular flexibility index (Phi) is 6.19. The van der Waals surface area contributed by atoms with Gasteiger partial charge in [-0.15, -0.1) is 11.8 Å². The first-order valence-electron chi connectivity index (χ1n) is 10.1. The van der Waals surface area contributed by atoms with E-state index in [1.165, 1.54) is 5.56 Å². The minimum absolute atomic E-state index is 0. The van der Waals surface area contributed by atoms with Crippen molar-refractivity contribution >= 4 is 35.3 Å². The first-order chi connectivity index (χ1) is 15.1.